The zero-order valence-electron chi connectivity index (χ0n) is 16.2. The molecule has 0 bridgehead atoms. The van der Waals surface area contributed by atoms with Crippen LogP contribution in [0.2, 0.25) is 0 Å². The third kappa shape index (κ3) is 3.94. The molecule has 1 aromatic carbocycles. The van der Waals surface area contributed by atoms with Crippen molar-refractivity contribution >= 4 is 22.9 Å². The minimum Gasteiger partial charge on any atom is -0.504 e. The number of benzene rings is 1. The second-order valence-corrected chi connectivity index (χ2v) is 6.88. The largest absolute Gasteiger partial charge is 0.504 e. The van der Waals surface area contributed by atoms with Gasteiger partial charge in [0.05, 0.1) is 19.0 Å². The fourth-order valence-corrected chi connectivity index (χ4v) is 2.84. The van der Waals surface area contributed by atoms with Gasteiger partial charge in [-0.25, -0.2) is 4.98 Å². The van der Waals surface area contributed by atoms with E-state index in [2.05, 4.69) is 25.6 Å². The number of para-hydroxylation sites is 1. The smallest absolute Gasteiger partial charge is 0.227 e. The number of aliphatic hydroxyl groups is 1. The van der Waals surface area contributed by atoms with Crippen LogP contribution in [0.4, 0.5) is 11.8 Å². The fraction of sp³-hybridized carbons (Fsp3) is 0.421. The average molecular weight is 386 g/mol. The second kappa shape index (κ2) is 8.30. The van der Waals surface area contributed by atoms with Crippen LogP contribution < -0.4 is 10.6 Å². The first-order valence-corrected chi connectivity index (χ1v) is 9.30. The molecule has 0 aliphatic rings. The molecule has 28 heavy (non-hydrogen) atoms. The zero-order valence-corrected chi connectivity index (χ0v) is 16.2. The molecule has 0 saturated heterocycles. The van der Waals surface area contributed by atoms with Gasteiger partial charge in [0.2, 0.25) is 5.95 Å². The number of nitrogens with one attached hydrogen (secondary N) is 2. The van der Waals surface area contributed by atoms with Gasteiger partial charge >= 0.3 is 0 Å². The maximum atomic E-state index is 10.0. The van der Waals surface area contributed by atoms with E-state index < -0.39 is 0 Å². The third-order valence-electron chi connectivity index (χ3n) is 4.57. The predicted octanol–water partition coefficient (Wildman–Crippen LogP) is 2.61. The van der Waals surface area contributed by atoms with E-state index in [1.807, 2.05) is 25.3 Å². The molecule has 0 unspecified atom stereocenters. The van der Waals surface area contributed by atoms with Gasteiger partial charge in [0.25, 0.3) is 0 Å². The second-order valence-electron chi connectivity index (χ2n) is 6.88. The summed E-state index contributed by atoms with van der Waals surface area (Å²) in [5, 5.41) is 35.5. The Bertz CT molecular complexity index is 952. The summed E-state index contributed by atoms with van der Waals surface area (Å²) in [4.78, 5) is 13.5. The summed E-state index contributed by atoms with van der Waals surface area (Å²) >= 11 is 0. The molecule has 0 spiro atoms. The van der Waals surface area contributed by atoms with Gasteiger partial charge in [-0.3, -0.25) is 0 Å². The maximum Gasteiger partial charge on any atom is 0.227 e. The molecule has 1 atom stereocenters. The Morgan fingerprint density at radius 2 is 1.96 bits per heavy atom. The van der Waals surface area contributed by atoms with Crippen molar-refractivity contribution < 1.29 is 15.3 Å². The molecule has 5 N–H and O–H groups in total. The van der Waals surface area contributed by atoms with E-state index >= 15 is 0 Å². The SMILES string of the molecule is CC[C@H](CO)Nc1nc(NCc2cccc(O)c2O)c2ncn(C(C)C)c2n1. The van der Waals surface area contributed by atoms with E-state index in [0.29, 0.717) is 28.5 Å². The number of phenolic OH excluding ortho intramolecular Hbond substituents is 2. The number of fused-ring (bicyclic) bond motifs is 1. The van der Waals surface area contributed by atoms with Crippen LogP contribution >= 0.6 is 0 Å². The van der Waals surface area contributed by atoms with E-state index in [4.69, 9.17) is 0 Å². The van der Waals surface area contributed by atoms with Gasteiger partial charge in [-0.1, -0.05) is 19.1 Å². The Balaban J connectivity index is 1.98. The molecule has 150 valence electrons. The highest BCUT2D eigenvalue weighted by Crippen LogP contribution is 2.30. The van der Waals surface area contributed by atoms with Crippen LogP contribution in [0, 0.1) is 0 Å². The number of hydrogen-bond donors (Lipinski definition) is 5. The van der Waals surface area contributed by atoms with Crippen molar-refractivity contribution in [3.8, 4) is 11.5 Å². The van der Waals surface area contributed by atoms with Crippen LogP contribution in [-0.2, 0) is 6.54 Å². The highest BCUT2D eigenvalue weighted by Gasteiger charge is 2.17. The number of aliphatic hydroxyl groups excluding tert-OH is 1. The average Bonchev–Trinajstić information content (AvgIpc) is 3.11. The highest BCUT2D eigenvalue weighted by molar-refractivity contribution is 5.84. The van der Waals surface area contributed by atoms with Gasteiger partial charge in [0.1, 0.15) is 0 Å². The van der Waals surface area contributed by atoms with Crippen molar-refractivity contribution in [3.63, 3.8) is 0 Å². The molecule has 0 aliphatic carbocycles. The Hall–Kier alpha value is -3.07. The summed E-state index contributed by atoms with van der Waals surface area (Å²) in [7, 11) is 0. The number of aromatic nitrogens is 4. The summed E-state index contributed by atoms with van der Waals surface area (Å²) in [6, 6.07) is 4.81. The van der Waals surface area contributed by atoms with Gasteiger partial charge in [-0.2, -0.15) is 9.97 Å². The summed E-state index contributed by atoms with van der Waals surface area (Å²) in [6.45, 7) is 6.26. The molecule has 3 rings (SSSR count). The third-order valence-corrected chi connectivity index (χ3v) is 4.57. The molecule has 2 heterocycles. The van der Waals surface area contributed by atoms with Crippen LogP contribution in [0.15, 0.2) is 24.5 Å². The van der Waals surface area contributed by atoms with Crippen LogP contribution in [0.1, 0.15) is 38.8 Å². The van der Waals surface area contributed by atoms with Gasteiger partial charge in [-0.05, 0) is 26.3 Å². The molecule has 0 fully saturated rings. The molecular formula is C19H26N6O3. The van der Waals surface area contributed by atoms with Crippen molar-refractivity contribution in [3.05, 3.63) is 30.1 Å². The predicted molar refractivity (Wildman–Crippen MR) is 108 cm³/mol. The first kappa shape index (κ1) is 19.7. The van der Waals surface area contributed by atoms with Crippen LogP contribution in [0.25, 0.3) is 11.2 Å². The summed E-state index contributed by atoms with van der Waals surface area (Å²) in [6.07, 6.45) is 2.44. The van der Waals surface area contributed by atoms with Gasteiger partial charge < -0.3 is 30.5 Å². The lowest BCUT2D eigenvalue weighted by atomic mass is 10.2. The Labute approximate surface area is 163 Å². The Kier molecular flexibility index (Phi) is 5.84. The van der Waals surface area contributed by atoms with Gasteiger partial charge in [0.15, 0.2) is 28.5 Å². The number of rotatable bonds is 8. The number of aromatic hydroxyl groups is 2. The topological polar surface area (TPSA) is 128 Å². The zero-order chi connectivity index (χ0) is 20.3. The minimum absolute atomic E-state index is 0.0265. The molecule has 0 amide bonds. The first-order valence-electron chi connectivity index (χ1n) is 9.30. The lowest BCUT2D eigenvalue weighted by Gasteiger charge is -2.16. The van der Waals surface area contributed by atoms with E-state index in [9.17, 15) is 15.3 Å². The van der Waals surface area contributed by atoms with E-state index in [1.165, 1.54) is 6.07 Å². The summed E-state index contributed by atoms with van der Waals surface area (Å²) in [5.74, 6) is 0.547. The number of phenols is 2. The Morgan fingerprint density at radius 3 is 2.64 bits per heavy atom. The quantitative estimate of drug-likeness (QED) is 0.374. The summed E-state index contributed by atoms with van der Waals surface area (Å²) < 4.78 is 1.94. The molecule has 0 aliphatic heterocycles. The monoisotopic (exact) mass is 386 g/mol. The minimum atomic E-state index is -0.174. The van der Waals surface area contributed by atoms with Crippen molar-refractivity contribution in [2.75, 3.05) is 17.2 Å². The van der Waals surface area contributed by atoms with Gasteiger partial charge in [0, 0.05) is 18.2 Å². The van der Waals surface area contributed by atoms with Crippen molar-refractivity contribution in [2.45, 2.75) is 45.8 Å². The normalized spacial score (nSPS) is 12.5. The van der Waals surface area contributed by atoms with Crippen molar-refractivity contribution in [1.82, 2.24) is 19.5 Å². The summed E-state index contributed by atoms with van der Waals surface area (Å²) in [5.41, 5.74) is 1.81. The number of nitrogens with zero attached hydrogens (tertiary/aromatic N) is 4. The van der Waals surface area contributed by atoms with Gasteiger partial charge in [-0.15, -0.1) is 0 Å². The fourth-order valence-electron chi connectivity index (χ4n) is 2.84. The van der Waals surface area contributed by atoms with Crippen molar-refractivity contribution in [2.24, 2.45) is 0 Å². The number of imidazole rings is 1. The molecule has 9 nitrogen and oxygen atoms in total. The first-order chi connectivity index (χ1) is 13.4. The van der Waals surface area contributed by atoms with E-state index in [-0.39, 0.29) is 36.7 Å². The van der Waals surface area contributed by atoms with Crippen LogP contribution in [-0.4, -0.2) is 47.5 Å². The highest BCUT2D eigenvalue weighted by atomic mass is 16.3. The van der Waals surface area contributed by atoms with E-state index in [0.717, 1.165) is 6.42 Å². The van der Waals surface area contributed by atoms with Crippen LogP contribution in [0.5, 0.6) is 11.5 Å². The lowest BCUT2D eigenvalue weighted by Crippen LogP contribution is -2.24. The molecular weight excluding hydrogens is 360 g/mol. The number of hydrogen-bond acceptors (Lipinski definition) is 8. The lowest BCUT2D eigenvalue weighted by molar-refractivity contribution is 0.271. The standard InChI is InChI=1S/C19H26N6O3/c1-4-13(9-26)22-19-23-17(15-18(24-19)25(10-21-15)11(2)3)20-8-12-6-5-7-14(27)16(12)28/h5-7,10-11,13,26-28H,4,8-9H2,1-3H3,(H2,20,22,23,24)/t13-/m1/s1. The molecule has 0 saturated carbocycles. The molecule has 3 aromatic rings. The molecule has 9 heteroatoms. The number of anilines is 2. The molecule has 2 aromatic heterocycles. The van der Waals surface area contributed by atoms with Crippen molar-refractivity contribution in [1.29, 1.82) is 0 Å². The Morgan fingerprint density at radius 1 is 1.18 bits per heavy atom. The molecule has 0 radical (unpaired) electrons. The maximum absolute atomic E-state index is 10.0. The van der Waals surface area contributed by atoms with Crippen LogP contribution in [0.3, 0.4) is 0 Å². The van der Waals surface area contributed by atoms with E-state index in [1.54, 1.807) is 18.5 Å².